The number of carbonyl (C=O) groups is 1. The molecule has 1 aliphatic heterocycles. The number of carboxylic acid groups (broad SMARTS) is 1. The van der Waals surface area contributed by atoms with Crippen LogP contribution in [0, 0.1) is 0 Å². The van der Waals surface area contributed by atoms with Crippen molar-refractivity contribution in [2.45, 2.75) is 31.0 Å². The number of carboxylic acids is 1. The second-order valence-electron chi connectivity index (χ2n) is 4.62. The number of aromatic nitrogens is 2. The van der Waals surface area contributed by atoms with Gasteiger partial charge in [0.2, 0.25) is 0 Å². The number of aliphatic carboxylic acids is 1. The van der Waals surface area contributed by atoms with E-state index < -0.39 is 54.8 Å². The Kier molecular flexibility index (Phi) is 4.23. The zero-order valence-electron chi connectivity index (χ0n) is 10.7. The molecular formula is C11H14N2O8. The lowest BCUT2D eigenvalue weighted by Gasteiger charge is -2.17. The quantitative estimate of drug-likeness (QED) is 0.388. The summed E-state index contributed by atoms with van der Waals surface area (Å²) in [7, 11) is 0. The minimum Gasteiger partial charge on any atom is -0.481 e. The van der Waals surface area contributed by atoms with Crippen LogP contribution in [0.2, 0.25) is 0 Å². The highest BCUT2D eigenvalue weighted by atomic mass is 16.6. The fourth-order valence-corrected chi connectivity index (χ4v) is 2.11. The Morgan fingerprint density at radius 1 is 1.33 bits per heavy atom. The first-order valence-electron chi connectivity index (χ1n) is 6.03. The molecule has 4 atom stereocenters. The van der Waals surface area contributed by atoms with Crippen LogP contribution in [0.1, 0.15) is 11.8 Å². The minimum absolute atomic E-state index is 0.208. The SMILES string of the molecule is O=C(O)Cc1cn([C@@H]2O[C@H](CO)[C@@H](O)[C@@H]2O)c(=O)[nH]c1=O. The summed E-state index contributed by atoms with van der Waals surface area (Å²) in [6.07, 6.45) is -5.02. The van der Waals surface area contributed by atoms with Gasteiger partial charge >= 0.3 is 11.7 Å². The van der Waals surface area contributed by atoms with Crippen molar-refractivity contribution in [3.8, 4) is 0 Å². The van der Waals surface area contributed by atoms with Crippen LogP contribution in [-0.2, 0) is 16.0 Å². The maximum atomic E-state index is 11.7. The maximum Gasteiger partial charge on any atom is 0.330 e. The highest BCUT2D eigenvalue weighted by Crippen LogP contribution is 2.27. The van der Waals surface area contributed by atoms with Gasteiger partial charge in [-0.25, -0.2) is 4.79 Å². The molecule has 1 fully saturated rings. The number of aliphatic hydroxyl groups is 3. The number of rotatable bonds is 4. The summed E-state index contributed by atoms with van der Waals surface area (Å²) in [6.45, 7) is -0.575. The van der Waals surface area contributed by atoms with Crippen LogP contribution < -0.4 is 11.2 Å². The molecule has 1 aromatic heterocycles. The smallest absolute Gasteiger partial charge is 0.330 e. The molecule has 0 bridgehead atoms. The van der Waals surface area contributed by atoms with Crippen molar-refractivity contribution in [3.05, 3.63) is 32.6 Å². The predicted molar refractivity (Wildman–Crippen MR) is 65.7 cm³/mol. The van der Waals surface area contributed by atoms with E-state index in [0.29, 0.717) is 0 Å². The number of nitrogens with one attached hydrogen (secondary N) is 1. The van der Waals surface area contributed by atoms with Gasteiger partial charge in [-0.1, -0.05) is 0 Å². The number of aromatic amines is 1. The van der Waals surface area contributed by atoms with Crippen molar-refractivity contribution in [2.75, 3.05) is 6.61 Å². The predicted octanol–water partition coefficient (Wildman–Crippen LogP) is -3.22. The van der Waals surface area contributed by atoms with Gasteiger partial charge in [-0.05, 0) is 0 Å². The normalized spacial score (nSPS) is 28.7. The molecule has 0 aliphatic carbocycles. The standard InChI is InChI=1S/C11H14N2O8/c14-3-5-7(17)8(18)10(21-5)13-2-4(1-6(15)16)9(19)12-11(13)20/h2,5,7-8,10,14,17-18H,1,3H2,(H,15,16)(H,12,19,20)/t5-,7-,8+,10-/m1/s1. The lowest BCUT2D eigenvalue weighted by molar-refractivity contribution is -0.136. The zero-order valence-corrected chi connectivity index (χ0v) is 10.7. The molecule has 2 rings (SSSR count). The lowest BCUT2D eigenvalue weighted by Crippen LogP contribution is -2.39. The van der Waals surface area contributed by atoms with Crippen molar-refractivity contribution < 1.29 is 30.0 Å². The van der Waals surface area contributed by atoms with Crippen molar-refractivity contribution in [1.29, 1.82) is 0 Å². The summed E-state index contributed by atoms with van der Waals surface area (Å²) in [5.41, 5.74) is -1.99. The largest absolute Gasteiger partial charge is 0.481 e. The summed E-state index contributed by atoms with van der Waals surface area (Å²) < 4.78 is 5.93. The Bertz CT molecular complexity index is 650. The van der Waals surface area contributed by atoms with E-state index in [2.05, 4.69) is 0 Å². The number of nitrogens with zero attached hydrogens (tertiary/aromatic N) is 1. The molecule has 2 heterocycles. The number of H-pyrrole nitrogens is 1. The van der Waals surface area contributed by atoms with Gasteiger partial charge in [-0.2, -0.15) is 0 Å². The van der Waals surface area contributed by atoms with E-state index in [0.717, 1.165) is 10.8 Å². The van der Waals surface area contributed by atoms with E-state index in [1.165, 1.54) is 0 Å². The summed E-state index contributed by atoms with van der Waals surface area (Å²) in [6, 6.07) is 0. The molecular weight excluding hydrogens is 288 g/mol. The Labute approximate surface area is 116 Å². The minimum atomic E-state index is -1.51. The molecule has 0 spiro atoms. The topological polar surface area (TPSA) is 162 Å². The lowest BCUT2D eigenvalue weighted by atomic mass is 10.1. The second kappa shape index (κ2) is 5.77. The number of hydrogen-bond acceptors (Lipinski definition) is 7. The Balaban J connectivity index is 2.42. The highest BCUT2D eigenvalue weighted by molar-refractivity contribution is 5.69. The van der Waals surface area contributed by atoms with Crippen LogP contribution in [0.3, 0.4) is 0 Å². The monoisotopic (exact) mass is 302 g/mol. The first kappa shape index (κ1) is 15.4. The van der Waals surface area contributed by atoms with Gasteiger partial charge in [0.25, 0.3) is 5.56 Å². The van der Waals surface area contributed by atoms with Gasteiger partial charge in [0.05, 0.1) is 13.0 Å². The van der Waals surface area contributed by atoms with E-state index >= 15 is 0 Å². The first-order valence-corrected chi connectivity index (χ1v) is 6.03. The molecule has 0 aromatic carbocycles. The molecule has 5 N–H and O–H groups in total. The number of ether oxygens (including phenoxy) is 1. The van der Waals surface area contributed by atoms with Crippen molar-refractivity contribution in [2.24, 2.45) is 0 Å². The second-order valence-corrected chi connectivity index (χ2v) is 4.62. The average Bonchev–Trinajstić information content (AvgIpc) is 2.69. The molecule has 116 valence electrons. The fraction of sp³-hybridized carbons (Fsp3) is 0.545. The average molecular weight is 302 g/mol. The summed E-state index contributed by atoms with van der Waals surface area (Å²) in [5, 5.41) is 37.1. The van der Waals surface area contributed by atoms with Crippen LogP contribution in [0.25, 0.3) is 0 Å². The van der Waals surface area contributed by atoms with Gasteiger partial charge in [-0.15, -0.1) is 0 Å². The molecule has 10 nitrogen and oxygen atoms in total. The Hall–Kier alpha value is -2.01. The third kappa shape index (κ3) is 2.88. The van der Waals surface area contributed by atoms with E-state index in [-0.39, 0.29) is 5.56 Å². The van der Waals surface area contributed by atoms with Gasteiger partial charge in [0.15, 0.2) is 6.23 Å². The van der Waals surface area contributed by atoms with Gasteiger partial charge in [0, 0.05) is 11.8 Å². The molecule has 1 aromatic rings. The fourth-order valence-electron chi connectivity index (χ4n) is 2.11. The number of aliphatic hydroxyl groups excluding tert-OH is 3. The molecule has 0 saturated carbocycles. The highest BCUT2D eigenvalue weighted by Gasteiger charge is 2.43. The van der Waals surface area contributed by atoms with Crippen molar-refractivity contribution >= 4 is 5.97 Å². The number of hydrogen-bond donors (Lipinski definition) is 5. The van der Waals surface area contributed by atoms with Crippen LogP contribution in [-0.4, -0.2) is 60.9 Å². The molecule has 0 unspecified atom stereocenters. The van der Waals surface area contributed by atoms with E-state index in [9.17, 15) is 24.6 Å². The van der Waals surface area contributed by atoms with Gasteiger partial charge in [-0.3, -0.25) is 19.1 Å². The van der Waals surface area contributed by atoms with Gasteiger partial charge < -0.3 is 25.2 Å². The van der Waals surface area contributed by atoms with Crippen LogP contribution in [0.15, 0.2) is 15.8 Å². The van der Waals surface area contributed by atoms with E-state index in [1.54, 1.807) is 0 Å². The first-order chi connectivity index (χ1) is 9.85. The Morgan fingerprint density at radius 2 is 2.00 bits per heavy atom. The zero-order chi connectivity index (χ0) is 15.7. The van der Waals surface area contributed by atoms with Crippen LogP contribution in [0.5, 0.6) is 0 Å². The van der Waals surface area contributed by atoms with Crippen molar-refractivity contribution in [3.63, 3.8) is 0 Å². The summed E-state index contributed by atoms with van der Waals surface area (Å²) >= 11 is 0. The molecule has 21 heavy (non-hydrogen) atoms. The molecule has 0 radical (unpaired) electrons. The molecule has 0 amide bonds. The van der Waals surface area contributed by atoms with E-state index in [4.69, 9.17) is 14.9 Å². The summed E-state index contributed by atoms with van der Waals surface area (Å²) in [5.74, 6) is -1.27. The van der Waals surface area contributed by atoms with Crippen LogP contribution >= 0.6 is 0 Å². The van der Waals surface area contributed by atoms with Gasteiger partial charge in [0.1, 0.15) is 18.3 Å². The van der Waals surface area contributed by atoms with Crippen LogP contribution in [0.4, 0.5) is 0 Å². The Morgan fingerprint density at radius 3 is 2.52 bits per heavy atom. The third-order valence-corrected chi connectivity index (χ3v) is 3.17. The maximum absolute atomic E-state index is 11.7. The molecule has 1 aliphatic rings. The van der Waals surface area contributed by atoms with Crippen molar-refractivity contribution in [1.82, 2.24) is 9.55 Å². The van der Waals surface area contributed by atoms with E-state index in [1.807, 2.05) is 4.98 Å². The molecule has 10 heteroatoms. The molecule has 1 saturated heterocycles. The summed E-state index contributed by atoms with van der Waals surface area (Å²) in [4.78, 5) is 35.8. The third-order valence-electron chi connectivity index (χ3n) is 3.17.